The minimum atomic E-state index is 0.609. The van der Waals surface area contributed by atoms with E-state index in [9.17, 15) is 0 Å². The Bertz CT molecular complexity index is 318. The van der Waals surface area contributed by atoms with Crippen molar-refractivity contribution in [1.29, 1.82) is 5.41 Å². The molecule has 0 amide bonds. The molecule has 0 heterocycles. The van der Waals surface area contributed by atoms with E-state index in [1.54, 1.807) is 6.07 Å². The van der Waals surface area contributed by atoms with E-state index in [2.05, 4.69) is 0 Å². The first kappa shape index (κ1) is 8.81. The lowest BCUT2D eigenvalue weighted by molar-refractivity contribution is 1.53. The molecule has 0 aliphatic rings. The van der Waals surface area contributed by atoms with Crippen molar-refractivity contribution < 1.29 is 0 Å². The molecule has 0 saturated heterocycles. The van der Waals surface area contributed by atoms with Crippen molar-refractivity contribution in [2.75, 3.05) is 0 Å². The third-order valence-corrected chi connectivity index (χ3v) is 1.85. The number of halogens is 1. The van der Waals surface area contributed by atoms with Gasteiger partial charge in [0.05, 0.1) is 0 Å². The molecule has 3 N–H and O–H groups in total. The van der Waals surface area contributed by atoms with Crippen molar-refractivity contribution >= 4 is 23.4 Å². The number of nitrogens with two attached hydrogens (primary N) is 1. The molecule has 2 nitrogen and oxygen atoms in total. The van der Waals surface area contributed by atoms with Gasteiger partial charge in [0.25, 0.3) is 0 Å². The number of hydrogen-bond donors (Lipinski definition) is 2. The van der Waals surface area contributed by atoms with Gasteiger partial charge in [-0.15, -0.1) is 0 Å². The summed E-state index contributed by atoms with van der Waals surface area (Å²) in [5.41, 5.74) is 6.73. The number of allylic oxidation sites excluding steroid dienone is 1. The molecule has 12 heavy (non-hydrogen) atoms. The Hall–Kier alpha value is -1.28. The van der Waals surface area contributed by atoms with E-state index in [0.717, 1.165) is 5.56 Å². The summed E-state index contributed by atoms with van der Waals surface area (Å²) in [6, 6.07) is 7.29. The van der Waals surface area contributed by atoms with E-state index >= 15 is 0 Å². The molecular weight excluding hydrogens is 172 g/mol. The van der Waals surface area contributed by atoms with Gasteiger partial charge in [-0.1, -0.05) is 29.8 Å². The van der Waals surface area contributed by atoms with Crippen molar-refractivity contribution in [3.05, 3.63) is 41.1 Å². The first-order valence-corrected chi connectivity index (χ1v) is 3.84. The number of nitrogens with one attached hydrogen (secondary N) is 1. The Kier molecular flexibility index (Phi) is 2.88. The van der Waals surface area contributed by atoms with Crippen molar-refractivity contribution in [3.8, 4) is 0 Å². The highest BCUT2D eigenvalue weighted by atomic mass is 35.5. The van der Waals surface area contributed by atoms with Crippen molar-refractivity contribution in [1.82, 2.24) is 0 Å². The molecule has 62 valence electrons. The normalized spacial score (nSPS) is 11.2. The predicted octanol–water partition coefficient (Wildman–Crippen LogP) is 2.29. The van der Waals surface area contributed by atoms with E-state index < -0.39 is 0 Å². The highest BCUT2D eigenvalue weighted by molar-refractivity contribution is 6.33. The molecule has 1 aromatic rings. The van der Waals surface area contributed by atoms with Crippen LogP contribution in [0.15, 0.2) is 30.5 Å². The monoisotopic (exact) mass is 180 g/mol. The molecule has 3 heteroatoms. The first-order chi connectivity index (χ1) is 5.79. The van der Waals surface area contributed by atoms with Gasteiger partial charge in [0, 0.05) is 28.6 Å². The standard InChI is InChI=1S/C9H9ClN2/c10-9-4-2-1-3-8(9)7(5-11)6-12/h1-6,11H,12H2/b7-6+,11-5?. The lowest BCUT2D eigenvalue weighted by Crippen LogP contribution is -1.90. The molecule has 1 aromatic carbocycles. The number of hydrogen-bond acceptors (Lipinski definition) is 2. The summed E-state index contributed by atoms with van der Waals surface area (Å²) in [7, 11) is 0. The van der Waals surface area contributed by atoms with Crippen LogP contribution in [-0.4, -0.2) is 6.21 Å². The quantitative estimate of drug-likeness (QED) is 0.675. The molecule has 0 aromatic heterocycles. The lowest BCUT2D eigenvalue weighted by Gasteiger charge is -2.01. The summed E-state index contributed by atoms with van der Waals surface area (Å²) in [6.45, 7) is 0. The van der Waals surface area contributed by atoms with E-state index in [4.69, 9.17) is 22.7 Å². The maximum Gasteiger partial charge on any atom is 0.0485 e. The number of benzene rings is 1. The van der Waals surface area contributed by atoms with Crippen LogP contribution in [-0.2, 0) is 0 Å². The van der Waals surface area contributed by atoms with Crippen LogP contribution in [0.3, 0.4) is 0 Å². The van der Waals surface area contributed by atoms with Gasteiger partial charge in [0.2, 0.25) is 0 Å². The minimum absolute atomic E-state index is 0.609. The molecule has 0 aliphatic carbocycles. The van der Waals surface area contributed by atoms with Crippen LogP contribution in [0.1, 0.15) is 5.56 Å². The second kappa shape index (κ2) is 3.93. The Balaban J connectivity index is 3.18. The summed E-state index contributed by atoms with van der Waals surface area (Å²) in [4.78, 5) is 0. The molecular formula is C9H9ClN2. The fourth-order valence-electron chi connectivity index (χ4n) is 0.911. The largest absolute Gasteiger partial charge is 0.404 e. The molecule has 0 atom stereocenters. The Morgan fingerprint density at radius 2 is 2.08 bits per heavy atom. The van der Waals surface area contributed by atoms with Crippen molar-refractivity contribution in [2.24, 2.45) is 5.73 Å². The average molecular weight is 181 g/mol. The van der Waals surface area contributed by atoms with Gasteiger partial charge in [0.1, 0.15) is 0 Å². The fourth-order valence-corrected chi connectivity index (χ4v) is 1.16. The highest BCUT2D eigenvalue weighted by Crippen LogP contribution is 2.21. The molecule has 0 spiro atoms. The molecule has 0 unspecified atom stereocenters. The van der Waals surface area contributed by atoms with Crippen LogP contribution in [0.25, 0.3) is 5.57 Å². The molecule has 1 rings (SSSR count). The molecule has 0 bridgehead atoms. The smallest absolute Gasteiger partial charge is 0.0485 e. The third kappa shape index (κ3) is 1.66. The summed E-state index contributed by atoms with van der Waals surface area (Å²) in [5, 5.41) is 7.67. The van der Waals surface area contributed by atoms with Crippen LogP contribution >= 0.6 is 11.6 Å². The van der Waals surface area contributed by atoms with E-state index in [0.29, 0.717) is 10.6 Å². The second-order valence-corrected chi connectivity index (χ2v) is 2.65. The van der Waals surface area contributed by atoms with E-state index in [1.165, 1.54) is 12.4 Å². The van der Waals surface area contributed by atoms with Gasteiger partial charge in [-0.3, -0.25) is 0 Å². The highest BCUT2D eigenvalue weighted by Gasteiger charge is 2.01. The zero-order chi connectivity index (χ0) is 8.97. The summed E-state index contributed by atoms with van der Waals surface area (Å²) in [6.07, 6.45) is 2.55. The zero-order valence-corrected chi connectivity index (χ0v) is 7.18. The van der Waals surface area contributed by atoms with Crippen molar-refractivity contribution in [2.45, 2.75) is 0 Å². The first-order valence-electron chi connectivity index (χ1n) is 3.47. The summed E-state index contributed by atoms with van der Waals surface area (Å²) in [5.74, 6) is 0. The summed E-state index contributed by atoms with van der Waals surface area (Å²) >= 11 is 5.88. The van der Waals surface area contributed by atoms with Crippen molar-refractivity contribution in [3.63, 3.8) is 0 Å². The lowest BCUT2D eigenvalue weighted by atomic mass is 10.1. The SMILES string of the molecule is N=C/C(=C\N)c1ccccc1Cl. The zero-order valence-electron chi connectivity index (χ0n) is 6.42. The van der Waals surface area contributed by atoms with Gasteiger partial charge in [0.15, 0.2) is 0 Å². The number of rotatable bonds is 2. The van der Waals surface area contributed by atoms with Crippen LogP contribution < -0.4 is 5.73 Å². The van der Waals surface area contributed by atoms with Crippen LogP contribution in [0.5, 0.6) is 0 Å². The van der Waals surface area contributed by atoms with Crippen LogP contribution in [0.4, 0.5) is 0 Å². The second-order valence-electron chi connectivity index (χ2n) is 2.25. The van der Waals surface area contributed by atoms with Gasteiger partial charge >= 0.3 is 0 Å². The van der Waals surface area contributed by atoms with E-state index in [1.807, 2.05) is 18.2 Å². The predicted molar refractivity (Wildman–Crippen MR) is 52.4 cm³/mol. The molecule has 0 saturated carbocycles. The molecule has 0 fully saturated rings. The Morgan fingerprint density at radius 1 is 1.42 bits per heavy atom. The fraction of sp³-hybridized carbons (Fsp3) is 0. The van der Waals surface area contributed by atoms with Gasteiger partial charge in [-0.25, -0.2) is 0 Å². The topological polar surface area (TPSA) is 49.9 Å². The maximum absolute atomic E-state index is 7.06. The van der Waals surface area contributed by atoms with Gasteiger partial charge in [-0.05, 0) is 6.07 Å². The minimum Gasteiger partial charge on any atom is -0.404 e. The Morgan fingerprint density at radius 3 is 2.58 bits per heavy atom. The van der Waals surface area contributed by atoms with Crippen LogP contribution in [0.2, 0.25) is 5.02 Å². The molecule has 0 aliphatic heterocycles. The van der Waals surface area contributed by atoms with E-state index in [-0.39, 0.29) is 0 Å². The summed E-state index contributed by atoms with van der Waals surface area (Å²) < 4.78 is 0. The third-order valence-electron chi connectivity index (χ3n) is 1.52. The molecule has 0 radical (unpaired) electrons. The van der Waals surface area contributed by atoms with Gasteiger partial charge < -0.3 is 11.1 Å². The van der Waals surface area contributed by atoms with Gasteiger partial charge in [-0.2, -0.15) is 0 Å². The Labute approximate surface area is 76.2 Å². The average Bonchev–Trinajstić information content (AvgIpc) is 2.10. The maximum atomic E-state index is 7.06. The van der Waals surface area contributed by atoms with Crippen LogP contribution in [0, 0.1) is 5.41 Å².